The molecule has 0 bridgehead atoms. The highest BCUT2D eigenvalue weighted by Gasteiger charge is 2.31. The Bertz CT molecular complexity index is 923. The third kappa shape index (κ3) is 4.00. The molecule has 27 heavy (non-hydrogen) atoms. The van der Waals surface area contributed by atoms with Gasteiger partial charge in [0.05, 0.1) is 17.2 Å². The number of carbonyl (C=O) groups excluding carboxylic acids is 2. The van der Waals surface area contributed by atoms with Crippen LogP contribution in [0.15, 0.2) is 29.3 Å². The van der Waals surface area contributed by atoms with Gasteiger partial charge in [0.15, 0.2) is 0 Å². The van der Waals surface area contributed by atoms with Gasteiger partial charge in [-0.3, -0.25) is 19.3 Å². The van der Waals surface area contributed by atoms with Crippen molar-refractivity contribution in [3.63, 3.8) is 0 Å². The predicted molar refractivity (Wildman–Crippen MR) is 103 cm³/mol. The molecule has 0 spiro atoms. The lowest BCUT2D eigenvalue weighted by molar-refractivity contribution is -0.121. The first-order valence-corrected chi connectivity index (χ1v) is 9.06. The molecule has 1 aromatic heterocycles. The molecule has 8 nitrogen and oxygen atoms in total. The van der Waals surface area contributed by atoms with E-state index in [4.69, 9.17) is 0 Å². The largest absolute Gasteiger partial charge is 0.359 e. The first-order chi connectivity index (χ1) is 12.9. The Hall–Kier alpha value is -2.74. The van der Waals surface area contributed by atoms with Gasteiger partial charge in [-0.15, -0.1) is 0 Å². The molecule has 0 radical (unpaired) electrons. The number of fused-ring (bicyclic) bond motifs is 1. The highest BCUT2D eigenvalue weighted by molar-refractivity contribution is 5.97. The Balaban J connectivity index is 1.63. The summed E-state index contributed by atoms with van der Waals surface area (Å²) < 4.78 is 1.41. The highest BCUT2D eigenvalue weighted by Crippen LogP contribution is 2.24. The van der Waals surface area contributed by atoms with E-state index in [1.54, 1.807) is 32.3 Å². The molecule has 2 atom stereocenters. The molecule has 144 valence electrons. The number of likely N-dealkylation sites (tertiary alicyclic amines) is 1. The smallest absolute Gasteiger partial charge is 0.260 e. The number of aromatic nitrogens is 2. The number of rotatable bonds is 5. The number of aryl methyl sites for hydroxylation is 1. The molecule has 0 aliphatic carbocycles. The van der Waals surface area contributed by atoms with Crippen molar-refractivity contribution in [2.45, 2.75) is 31.3 Å². The fourth-order valence-electron chi connectivity index (χ4n) is 3.56. The van der Waals surface area contributed by atoms with Crippen LogP contribution in [0.4, 0.5) is 0 Å². The monoisotopic (exact) mass is 371 g/mol. The van der Waals surface area contributed by atoms with Crippen molar-refractivity contribution >= 4 is 22.7 Å². The lowest BCUT2D eigenvalue weighted by Gasteiger charge is -2.25. The van der Waals surface area contributed by atoms with E-state index < -0.39 is 0 Å². The van der Waals surface area contributed by atoms with E-state index in [2.05, 4.69) is 20.5 Å². The maximum atomic E-state index is 12.5. The quantitative estimate of drug-likeness (QED) is 0.786. The molecule has 1 fully saturated rings. The number of benzene rings is 1. The fourth-order valence-corrected chi connectivity index (χ4v) is 3.56. The summed E-state index contributed by atoms with van der Waals surface area (Å²) in [6.07, 6.45) is 3.80. The minimum absolute atomic E-state index is 0.0336. The van der Waals surface area contributed by atoms with Crippen molar-refractivity contribution in [3.8, 4) is 0 Å². The molecule has 1 aromatic carbocycles. The molecule has 0 saturated carbocycles. The van der Waals surface area contributed by atoms with Gasteiger partial charge < -0.3 is 15.2 Å². The van der Waals surface area contributed by atoms with Crippen LogP contribution >= 0.6 is 0 Å². The number of carbonyl (C=O) groups is 2. The summed E-state index contributed by atoms with van der Waals surface area (Å²) in [6, 6.07) is 5.33. The third-order valence-corrected chi connectivity index (χ3v) is 5.36. The number of hydrogen-bond acceptors (Lipinski definition) is 5. The van der Waals surface area contributed by atoms with Crippen LogP contribution in [0.5, 0.6) is 0 Å². The van der Waals surface area contributed by atoms with Gasteiger partial charge in [-0.1, -0.05) is 0 Å². The van der Waals surface area contributed by atoms with E-state index in [9.17, 15) is 14.4 Å². The van der Waals surface area contributed by atoms with Crippen molar-refractivity contribution in [3.05, 3.63) is 40.4 Å². The molecule has 3 rings (SSSR count). The molecular weight excluding hydrogens is 346 g/mol. The van der Waals surface area contributed by atoms with Crippen LogP contribution in [0.25, 0.3) is 10.9 Å². The van der Waals surface area contributed by atoms with E-state index in [0.717, 1.165) is 12.8 Å². The zero-order valence-electron chi connectivity index (χ0n) is 15.9. The van der Waals surface area contributed by atoms with Crippen LogP contribution in [-0.4, -0.2) is 59.0 Å². The molecule has 1 aliphatic rings. The number of nitrogens with zero attached hydrogens (tertiary/aromatic N) is 3. The van der Waals surface area contributed by atoms with Crippen LogP contribution in [-0.2, 0) is 11.8 Å². The molecule has 1 saturated heterocycles. The Morgan fingerprint density at radius 3 is 2.70 bits per heavy atom. The van der Waals surface area contributed by atoms with Gasteiger partial charge in [0.1, 0.15) is 0 Å². The summed E-state index contributed by atoms with van der Waals surface area (Å²) >= 11 is 0. The lowest BCUT2D eigenvalue weighted by Crippen LogP contribution is -2.42. The summed E-state index contributed by atoms with van der Waals surface area (Å²) in [5.74, 6) is -0.158. The standard InChI is InChI=1S/C19H25N5O3/c1-20-17(25)9-13-5-6-14(24(13)3)10-21-18(26)12-4-7-15-16(8-12)22-11-23(2)19(15)27/h4,7-8,11,13-14H,5-6,9-10H2,1-3H3,(H,20,25)(H,21,26)/t13-,14+/m1/s1. The predicted octanol–water partition coefficient (Wildman–Crippen LogP) is 0.262. The molecule has 1 aliphatic heterocycles. The van der Waals surface area contributed by atoms with Gasteiger partial charge in [-0.2, -0.15) is 0 Å². The average Bonchev–Trinajstić information content (AvgIpc) is 3.02. The van der Waals surface area contributed by atoms with Crippen molar-refractivity contribution < 1.29 is 9.59 Å². The first-order valence-electron chi connectivity index (χ1n) is 9.06. The highest BCUT2D eigenvalue weighted by atomic mass is 16.2. The number of likely N-dealkylation sites (N-methyl/N-ethyl adjacent to an activating group) is 1. The van der Waals surface area contributed by atoms with Gasteiger partial charge in [-0.05, 0) is 38.1 Å². The average molecular weight is 371 g/mol. The van der Waals surface area contributed by atoms with E-state index >= 15 is 0 Å². The number of nitrogens with one attached hydrogen (secondary N) is 2. The Morgan fingerprint density at radius 1 is 1.22 bits per heavy atom. The second-order valence-corrected chi connectivity index (χ2v) is 7.03. The van der Waals surface area contributed by atoms with Gasteiger partial charge in [0.25, 0.3) is 11.5 Å². The number of amides is 2. The van der Waals surface area contributed by atoms with Crippen LogP contribution in [0.1, 0.15) is 29.6 Å². The molecule has 2 amide bonds. The van der Waals surface area contributed by atoms with Gasteiger partial charge in [0.2, 0.25) is 5.91 Å². The molecule has 8 heteroatoms. The summed E-state index contributed by atoms with van der Waals surface area (Å²) in [6.45, 7) is 0.515. The Labute approximate surface area is 157 Å². The maximum absolute atomic E-state index is 12.5. The Kier molecular flexibility index (Phi) is 5.55. The van der Waals surface area contributed by atoms with Crippen molar-refractivity contribution in [1.29, 1.82) is 0 Å². The second-order valence-electron chi connectivity index (χ2n) is 7.03. The lowest BCUT2D eigenvalue weighted by atomic mass is 10.1. The summed E-state index contributed by atoms with van der Waals surface area (Å²) in [4.78, 5) is 42.5. The van der Waals surface area contributed by atoms with Crippen molar-refractivity contribution in [2.24, 2.45) is 7.05 Å². The zero-order valence-corrected chi connectivity index (χ0v) is 15.9. The van der Waals surface area contributed by atoms with Gasteiger partial charge >= 0.3 is 0 Å². The number of hydrogen-bond donors (Lipinski definition) is 2. The van der Waals surface area contributed by atoms with Crippen molar-refractivity contribution in [2.75, 3.05) is 20.6 Å². The molecular formula is C19H25N5O3. The van der Waals surface area contributed by atoms with Gasteiger partial charge in [-0.25, -0.2) is 4.98 Å². The third-order valence-electron chi connectivity index (χ3n) is 5.36. The van der Waals surface area contributed by atoms with E-state index in [1.807, 2.05) is 7.05 Å². The normalized spacial score (nSPS) is 20.0. The molecule has 2 aromatic rings. The van der Waals surface area contributed by atoms with Crippen LogP contribution < -0.4 is 16.2 Å². The van der Waals surface area contributed by atoms with Gasteiger partial charge in [0, 0.05) is 44.7 Å². The topological polar surface area (TPSA) is 96.3 Å². The summed E-state index contributed by atoms with van der Waals surface area (Å²) in [5.41, 5.74) is 0.849. The molecule has 0 unspecified atom stereocenters. The molecule has 2 heterocycles. The van der Waals surface area contributed by atoms with Crippen molar-refractivity contribution in [1.82, 2.24) is 25.1 Å². The van der Waals surface area contributed by atoms with E-state index in [0.29, 0.717) is 29.4 Å². The Morgan fingerprint density at radius 2 is 1.96 bits per heavy atom. The fraction of sp³-hybridized carbons (Fsp3) is 0.474. The van der Waals surface area contributed by atoms with Crippen LogP contribution in [0, 0.1) is 0 Å². The minimum atomic E-state index is -0.192. The van der Waals surface area contributed by atoms with E-state index in [1.165, 1.54) is 10.9 Å². The van der Waals surface area contributed by atoms with E-state index in [-0.39, 0.29) is 29.5 Å². The minimum Gasteiger partial charge on any atom is -0.359 e. The first kappa shape index (κ1) is 19.0. The molecule has 2 N–H and O–H groups in total. The second kappa shape index (κ2) is 7.87. The van der Waals surface area contributed by atoms with Crippen LogP contribution in [0.2, 0.25) is 0 Å². The maximum Gasteiger partial charge on any atom is 0.260 e. The summed E-state index contributed by atoms with van der Waals surface area (Å²) in [5, 5.41) is 6.10. The zero-order chi connectivity index (χ0) is 19.6. The SMILES string of the molecule is CNC(=O)C[C@H]1CC[C@@H](CNC(=O)c2ccc3c(=O)n(C)cnc3c2)N1C. The summed E-state index contributed by atoms with van der Waals surface area (Å²) in [7, 11) is 5.28. The van der Waals surface area contributed by atoms with Crippen LogP contribution in [0.3, 0.4) is 0 Å².